The summed E-state index contributed by atoms with van der Waals surface area (Å²) in [6.07, 6.45) is 4.00. The summed E-state index contributed by atoms with van der Waals surface area (Å²) in [4.78, 5) is 14.1. The van der Waals surface area contributed by atoms with Crippen molar-refractivity contribution in [2.45, 2.75) is 44.9 Å². The first kappa shape index (κ1) is 10.8. The standard InChI is InChI=1S/C12H18N4O/c1-8-7-16-11(6-13-8)10(5-14-16)12(17)15(2)9-3-4-9/h5,8-9,13H,3-4,6-7H2,1-2H3. The number of aromatic nitrogens is 2. The molecular formula is C12H18N4O. The molecule has 0 radical (unpaired) electrons. The SMILES string of the molecule is CC1Cn2ncc(C(=O)N(C)C3CC3)c2CN1. The molecule has 2 heterocycles. The fraction of sp³-hybridized carbons (Fsp3) is 0.667. The van der Waals surface area contributed by atoms with Crippen molar-refractivity contribution in [3.63, 3.8) is 0 Å². The van der Waals surface area contributed by atoms with Gasteiger partial charge in [0.05, 0.1) is 24.0 Å². The Morgan fingerprint density at radius 2 is 2.35 bits per heavy atom. The fourth-order valence-electron chi connectivity index (χ4n) is 2.35. The van der Waals surface area contributed by atoms with Crippen LogP contribution in [0.3, 0.4) is 0 Å². The molecule has 0 saturated heterocycles. The van der Waals surface area contributed by atoms with E-state index in [1.54, 1.807) is 6.20 Å². The second-order valence-corrected chi connectivity index (χ2v) is 5.12. The third kappa shape index (κ3) is 1.84. The van der Waals surface area contributed by atoms with Crippen LogP contribution < -0.4 is 5.32 Å². The molecule has 0 spiro atoms. The summed E-state index contributed by atoms with van der Waals surface area (Å²) in [6.45, 7) is 3.71. The van der Waals surface area contributed by atoms with Crippen LogP contribution in [-0.4, -0.2) is 39.7 Å². The van der Waals surface area contributed by atoms with E-state index in [0.717, 1.165) is 37.2 Å². The van der Waals surface area contributed by atoms with Gasteiger partial charge in [-0.25, -0.2) is 0 Å². The maximum atomic E-state index is 12.3. The molecule has 92 valence electrons. The third-order valence-corrected chi connectivity index (χ3v) is 3.66. The Bertz CT molecular complexity index is 449. The second-order valence-electron chi connectivity index (χ2n) is 5.12. The van der Waals surface area contributed by atoms with Crippen LogP contribution in [0.15, 0.2) is 6.20 Å². The third-order valence-electron chi connectivity index (χ3n) is 3.66. The first-order valence-corrected chi connectivity index (χ1v) is 6.22. The first-order chi connectivity index (χ1) is 8.16. The van der Waals surface area contributed by atoms with Gasteiger partial charge >= 0.3 is 0 Å². The Morgan fingerprint density at radius 1 is 1.59 bits per heavy atom. The molecule has 0 aromatic carbocycles. The number of rotatable bonds is 2. The lowest BCUT2D eigenvalue weighted by Crippen LogP contribution is -2.38. The van der Waals surface area contributed by atoms with E-state index in [0.29, 0.717) is 12.1 Å². The van der Waals surface area contributed by atoms with Crippen molar-refractivity contribution in [1.29, 1.82) is 0 Å². The number of amides is 1. The number of fused-ring (bicyclic) bond motifs is 1. The molecule has 1 aromatic rings. The van der Waals surface area contributed by atoms with Crippen LogP contribution in [0, 0.1) is 0 Å². The van der Waals surface area contributed by atoms with E-state index < -0.39 is 0 Å². The summed E-state index contributed by atoms with van der Waals surface area (Å²) in [5.74, 6) is 0.116. The molecular weight excluding hydrogens is 216 g/mol. The zero-order valence-corrected chi connectivity index (χ0v) is 10.3. The van der Waals surface area contributed by atoms with E-state index in [1.807, 2.05) is 16.6 Å². The number of hydrogen-bond donors (Lipinski definition) is 1. The highest BCUT2D eigenvalue weighted by Crippen LogP contribution is 2.27. The van der Waals surface area contributed by atoms with E-state index in [4.69, 9.17) is 0 Å². The number of carbonyl (C=O) groups is 1. The van der Waals surface area contributed by atoms with Crippen LogP contribution in [0.2, 0.25) is 0 Å². The maximum Gasteiger partial charge on any atom is 0.257 e. The van der Waals surface area contributed by atoms with Gasteiger partial charge < -0.3 is 10.2 Å². The Balaban J connectivity index is 1.86. The Hall–Kier alpha value is -1.36. The van der Waals surface area contributed by atoms with E-state index in [1.165, 1.54) is 0 Å². The molecule has 17 heavy (non-hydrogen) atoms. The normalized spacial score (nSPS) is 23.3. The minimum Gasteiger partial charge on any atom is -0.339 e. The molecule has 2 aliphatic rings. The van der Waals surface area contributed by atoms with Crippen LogP contribution in [-0.2, 0) is 13.1 Å². The zero-order valence-electron chi connectivity index (χ0n) is 10.3. The highest BCUT2D eigenvalue weighted by Gasteiger charge is 2.32. The van der Waals surface area contributed by atoms with Gasteiger partial charge in [-0.05, 0) is 19.8 Å². The number of nitrogens with one attached hydrogen (secondary N) is 1. The van der Waals surface area contributed by atoms with Gasteiger partial charge in [-0.2, -0.15) is 5.10 Å². The minimum absolute atomic E-state index is 0.116. The highest BCUT2D eigenvalue weighted by atomic mass is 16.2. The van der Waals surface area contributed by atoms with Crippen LogP contribution in [0.5, 0.6) is 0 Å². The molecule has 1 aliphatic carbocycles. The Labute approximate surface area is 101 Å². The Morgan fingerprint density at radius 3 is 3.06 bits per heavy atom. The summed E-state index contributed by atoms with van der Waals surface area (Å²) < 4.78 is 1.95. The quantitative estimate of drug-likeness (QED) is 0.815. The lowest BCUT2D eigenvalue weighted by Gasteiger charge is -2.23. The van der Waals surface area contributed by atoms with Crippen molar-refractivity contribution in [2.24, 2.45) is 0 Å². The number of nitrogens with zero attached hydrogens (tertiary/aromatic N) is 3. The maximum absolute atomic E-state index is 12.3. The summed E-state index contributed by atoms with van der Waals surface area (Å²) in [5, 5.41) is 7.69. The fourth-order valence-corrected chi connectivity index (χ4v) is 2.35. The van der Waals surface area contributed by atoms with Crippen molar-refractivity contribution < 1.29 is 4.79 Å². The minimum atomic E-state index is 0.116. The molecule has 5 nitrogen and oxygen atoms in total. The summed E-state index contributed by atoms with van der Waals surface area (Å²) in [5.41, 5.74) is 1.79. The molecule has 1 atom stereocenters. The van der Waals surface area contributed by atoms with Crippen LogP contribution in [0.4, 0.5) is 0 Å². The van der Waals surface area contributed by atoms with E-state index >= 15 is 0 Å². The number of carbonyl (C=O) groups excluding carboxylic acids is 1. The second kappa shape index (κ2) is 3.84. The van der Waals surface area contributed by atoms with Crippen LogP contribution >= 0.6 is 0 Å². The van der Waals surface area contributed by atoms with Gasteiger partial charge in [-0.15, -0.1) is 0 Å². The van der Waals surface area contributed by atoms with E-state index in [9.17, 15) is 4.79 Å². The van der Waals surface area contributed by atoms with Crippen LogP contribution in [0.1, 0.15) is 35.8 Å². The molecule has 3 rings (SSSR count). The predicted molar refractivity (Wildman–Crippen MR) is 63.6 cm³/mol. The molecule has 1 amide bonds. The summed E-state index contributed by atoms with van der Waals surface area (Å²) in [7, 11) is 1.89. The topological polar surface area (TPSA) is 50.2 Å². The van der Waals surface area contributed by atoms with Crippen molar-refractivity contribution in [1.82, 2.24) is 20.0 Å². The zero-order chi connectivity index (χ0) is 12.0. The van der Waals surface area contributed by atoms with Crippen LogP contribution in [0.25, 0.3) is 0 Å². The lowest BCUT2D eigenvalue weighted by molar-refractivity contribution is 0.0783. The first-order valence-electron chi connectivity index (χ1n) is 6.22. The molecule has 1 fully saturated rings. The largest absolute Gasteiger partial charge is 0.339 e. The average molecular weight is 234 g/mol. The van der Waals surface area contributed by atoms with Gasteiger partial charge in [0, 0.05) is 25.7 Å². The van der Waals surface area contributed by atoms with Gasteiger partial charge in [0.2, 0.25) is 0 Å². The molecule has 1 N–H and O–H groups in total. The summed E-state index contributed by atoms with van der Waals surface area (Å²) in [6, 6.07) is 0.875. The van der Waals surface area contributed by atoms with E-state index in [2.05, 4.69) is 17.3 Å². The molecule has 0 bridgehead atoms. The highest BCUT2D eigenvalue weighted by molar-refractivity contribution is 5.95. The monoisotopic (exact) mass is 234 g/mol. The molecule has 1 aromatic heterocycles. The van der Waals surface area contributed by atoms with Crippen molar-refractivity contribution >= 4 is 5.91 Å². The van der Waals surface area contributed by atoms with Gasteiger partial charge in [0.15, 0.2) is 0 Å². The van der Waals surface area contributed by atoms with Crippen molar-refractivity contribution in [2.75, 3.05) is 7.05 Å². The Kier molecular flexibility index (Phi) is 2.43. The van der Waals surface area contributed by atoms with E-state index in [-0.39, 0.29) is 5.91 Å². The molecule has 1 unspecified atom stereocenters. The van der Waals surface area contributed by atoms with Crippen molar-refractivity contribution in [3.8, 4) is 0 Å². The molecule has 5 heteroatoms. The summed E-state index contributed by atoms with van der Waals surface area (Å²) >= 11 is 0. The van der Waals surface area contributed by atoms with Crippen molar-refractivity contribution in [3.05, 3.63) is 17.5 Å². The number of hydrogen-bond acceptors (Lipinski definition) is 3. The van der Waals surface area contributed by atoms with Gasteiger partial charge in [-0.3, -0.25) is 9.48 Å². The average Bonchev–Trinajstić information content (AvgIpc) is 3.08. The van der Waals surface area contributed by atoms with Gasteiger partial charge in [-0.1, -0.05) is 0 Å². The van der Waals surface area contributed by atoms with Gasteiger partial charge in [0.25, 0.3) is 5.91 Å². The smallest absolute Gasteiger partial charge is 0.257 e. The molecule has 1 saturated carbocycles. The molecule has 1 aliphatic heterocycles. The lowest BCUT2D eigenvalue weighted by atomic mass is 10.1. The van der Waals surface area contributed by atoms with Gasteiger partial charge in [0.1, 0.15) is 0 Å². The predicted octanol–water partition coefficient (Wildman–Crippen LogP) is 0.609.